The predicted octanol–water partition coefficient (Wildman–Crippen LogP) is 1.91. The highest BCUT2D eigenvalue weighted by atomic mass is 32.2. The van der Waals surface area contributed by atoms with E-state index in [2.05, 4.69) is 16.1 Å². The molecule has 1 aliphatic carbocycles. The third-order valence-corrected chi connectivity index (χ3v) is 7.34. The molecule has 1 saturated heterocycles. The van der Waals surface area contributed by atoms with Crippen LogP contribution in [0.3, 0.4) is 0 Å². The number of amides is 1. The van der Waals surface area contributed by atoms with Crippen LogP contribution in [0.4, 0.5) is 4.39 Å². The van der Waals surface area contributed by atoms with E-state index in [1.54, 1.807) is 4.90 Å². The van der Waals surface area contributed by atoms with E-state index in [0.29, 0.717) is 32.4 Å². The number of nitrogens with zero attached hydrogens (tertiary/aromatic N) is 2. The van der Waals surface area contributed by atoms with Crippen LogP contribution in [0.15, 0.2) is 29.2 Å². The number of nitriles is 1. The zero-order valence-electron chi connectivity index (χ0n) is 16.4. The molecule has 158 valence electrons. The summed E-state index contributed by atoms with van der Waals surface area (Å²) in [6, 6.07) is 6.54. The smallest absolute Gasteiger partial charge is 0.241 e. The van der Waals surface area contributed by atoms with Gasteiger partial charge >= 0.3 is 0 Å². The molecule has 29 heavy (non-hydrogen) atoms. The zero-order chi connectivity index (χ0) is 20.9. The number of carbonyl (C=O) groups excluding carboxylic acids is 1. The Kier molecular flexibility index (Phi) is 6.88. The third kappa shape index (κ3) is 5.32. The Hall–Kier alpha value is -2.02. The second kappa shape index (κ2) is 9.20. The first kappa shape index (κ1) is 21.7. The summed E-state index contributed by atoms with van der Waals surface area (Å²) in [7, 11) is -3.81. The van der Waals surface area contributed by atoms with E-state index >= 15 is 0 Å². The van der Waals surface area contributed by atoms with E-state index in [0.717, 1.165) is 37.8 Å². The van der Waals surface area contributed by atoms with Crippen molar-refractivity contribution in [1.82, 2.24) is 14.9 Å². The Labute approximate surface area is 171 Å². The summed E-state index contributed by atoms with van der Waals surface area (Å²) in [6.07, 6.45) is 5.68. The monoisotopic (exact) mass is 422 g/mol. The van der Waals surface area contributed by atoms with Gasteiger partial charge in [0, 0.05) is 18.6 Å². The highest BCUT2D eigenvalue weighted by Gasteiger charge is 2.37. The van der Waals surface area contributed by atoms with Gasteiger partial charge in [-0.1, -0.05) is 19.3 Å². The zero-order valence-corrected chi connectivity index (χ0v) is 17.2. The first-order valence-corrected chi connectivity index (χ1v) is 11.5. The van der Waals surface area contributed by atoms with Crippen molar-refractivity contribution in [1.29, 1.82) is 5.26 Å². The normalized spacial score (nSPS) is 21.7. The SMILES string of the molecule is N#C[C@@H]1CCCN1C(=O)CNCC1(NS(=O)(=O)c2ccc(F)cc2)CCCCC1. The summed E-state index contributed by atoms with van der Waals surface area (Å²) in [6.45, 7) is 0.976. The molecule has 0 bridgehead atoms. The summed E-state index contributed by atoms with van der Waals surface area (Å²) in [5.74, 6) is -0.629. The largest absolute Gasteiger partial charge is 0.326 e. The van der Waals surface area contributed by atoms with Gasteiger partial charge in [-0.15, -0.1) is 0 Å². The van der Waals surface area contributed by atoms with Crippen molar-refractivity contribution in [3.05, 3.63) is 30.1 Å². The molecule has 0 aromatic heterocycles. The lowest BCUT2D eigenvalue weighted by atomic mass is 9.82. The highest BCUT2D eigenvalue weighted by Crippen LogP contribution is 2.29. The topological polar surface area (TPSA) is 102 Å². The summed E-state index contributed by atoms with van der Waals surface area (Å²) in [4.78, 5) is 14.0. The van der Waals surface area contributed by atoms with Crippen molar-refractivity contribution in [3.8, 4) is 6.07 Å². The summed E-state index contributed by atoms with van der Waals surface area (Å²) in [5.41, 5.74) is -0.689. The van der Waals surface area contributed by atoms with Crippen LogP contribution in [-0.4, -0.2) is 50.4 Å². The maximum Gasteiger partial charge on any atom is 0.241 e. The van der Waals surface area contributed by atoms with Crippen LogP contribution in [0.25, 0.3) is 0 Å². The number of halogens is 1. The standard InChI is InChI=1S/C20H27FN4O3S/c21-16-6-8-18(9-7-16)29(27,28)24-20(10-2-1-3-11-20)15-23-14-19(26)25-12-4-5-17(25)13-22/h6-9,17,23-24H,1-5,10-12,14-15H2/t17-/m0/s1. The van der Waals surface area contributed by atoms with E-state index < -0.39 is 21.4 Å². The number of likely N-dealkylation sites (tertiary alicyclic amines) is 1. The Morgan fingerprint density at radius 1 is 1.21 bits per heavy atom. The molecule has 1 atom stereocenters. The van der Waals surface area contributed by atoms with Gasteiger partial charge in [-0.05, 0) is 49.9 Å². The first-order valence-electron chi connectivity index (χ1n) is 10.0. The van der Waals surface area contributed by atoms with Gasteiger partial charge in [-0.2, -0.15) is 5.26 Å². The van der Waals surface area contributed by atoms with Crippen molar-refractivity contribution in [2.24, 2.45) is 0 Å². The van der Waals surface area contributed by atoms with Gasteiger partial charge in [0.2, 0.25) is 15.9 Å². The summed E-state index contributed by atoms with van der Waals surface area (Å²) >= 11 is 0. The van der Waals surface area contributed by atoms with Crippen LogP contribution >= 0.6 is 0 Å². The molecule has 1 aliphatic heterocycles. The fourth-order valence-electron chi connectivity index (χ4n) is 4.21. The maximum absolute atomic E-state index is 13.2. The van der Waals surface area contributed by atoms with Crippen molar-refractivity contribution in [3.63, 3.8) is 0 Å². The molecule has 2 N–H and O–H groups in total. The lowest BCUT2D eigenvalue weighted by Gasteiger charge is -2.38. The number of carbonyl (C=O) groups is 1. The molecular formula is C20H27FN4O3S. The Morgan fingerprint density at radius 2 is 1.90 bits per heavy atom. The minimum absolute atomic E-state index is 0.0221. The number of hydrogen-bond acceptors (Lipinski definition) is 5. The number of sulfonamides is 1. The molecule has 1 heterocycles. The van der Waals surface area contributed by atoms with Gasteiger partial charge < -0.3 is 10.2 Å². The average molecular weight is 423 g/mol. The van der Waals surface area contributed by atoms with Crippen LogP contribution in [0.2, 0.25) is 0 Å². The Morgan fingerprint density at radius 3 is 2.55 bits per heavy atom. The quantitative estimate of drug-likeness (QED) is 0.699. The Balaban J connectivity index is 1.65. The van der Waals surface area contributed by atoms with Gasteiger partial charge in [0.1, 0.15) is 11.9 Å². The number of rotatable bonds is 7. The lowest BCUT2D eigenvalue weighted by molar-refractivity contribution is -0.130. The van der Waals surface area contributed by atoms with Crippen molar-refractivity contribution in [2.45, 2.75) is 61.4 Å². The average Bonchev–Trinajstić information content (AvgIpc) is 3.17. The van der Waals surface area contributed by atoms with Crippen molar-refractivity contribution in [2.75, 3.05) is 19.6 Å². The lowest BCUT2D eigenvalue weighted by Crippen LogP contribution is -2.56. The second-order valence-corrected chi connectivity index (χ2v) is 9.56. The fourth-order valence-corrected chi connectivity index (χ4v) is 5.67. The van der Waals surface area contributed by atoms with Gasteiger partial charge in [0.15, 0.2) is 0 Å². The third-order valence-electron chi connectivity index (χ3n) is 5.75. The van der Waals surface area contributed by atoms with Gasteiger partial charge in [0.05, 0.1) is 17.5 Å². The summed E-state index contributed by atoms with van der Waals surface area (Å²) < 4.78 is 41.6. The molecular weight excluding hydrogens is 395 g/mol. The van der Waals surface area contributed by atoms with Crippen molar-refractivity contribution < 1.29 is 17.6 Å². The molecule has 0 spiro atoms. The molecule has 2 aliphatic rings. The van der Waals surface area contributed by atoms with Gasteiger partial charge in [-0.3, -0.25) is 4.79 Å². The highest BCUT2D eigenvalue weighted by molar-refractivity contribution is 7.89. The molecule has 1 saturated carbocycles. The van der Waals surface area contributed by atoms with E-state index in [1.807, 2.05) is 0 Å². The van der Waals surface area contributed by atoms with Crippen LogP contribution in [0.1, 0.15) is 44.9 Å². The van der Waals surface area contributed by atoms with E-state index in [1.165, 1.54) is 12.1 Å². The molecule has 0 radical (unpaired) electrons. The van der Waals surface area contributed by atoms with E-state index in [-0.39, 0.29) is 23.4 Å². The second-order valence-electron chi connectivity index (χ2n) is 7.88. The minimum atomic E-state index is -3.81. The number of hydrogen-bond donors (Lipinski definition) is 2. The molecule has 1 aromatic rings. The number of benzene rings is 1. The van der Waals surface area contributed by atoms with E-state index in [9.17, 15) is 17.6 Å². The van der Waals surface area contributed by atoms with Crippen LogP contribution in [-0.2, 0) is 14.8 Å². The summed E-state index contributed by atoms with van der Waals surface area (Å²) in [5, 5.41) is 12.3. The molecule has 9 heteroatoms. The van der Waals surface area contributed by atoms with Crippen LogP contribution in [0, 0.1) is 17.1 Å². The maximum atomic E-state index is 13.2. The molecule has 2 fully saturated rings. The number of nitrogens with one attached hydrogen (secondary N) is 2. The Bertz CT molecular complexity index is 861. The van der Waals surface area contributed by atoms with Crippen molar-refractivity contribution >= 4 is 15.9 Å². The first-order chi connectivity index (χ1) is 13.9. The van der Waals surface area contributed by atoms with Crippen LogP contribution in [0.5, 0.6) is 0 Å². The van der Waals surface area contributed by atoms with Gasteiger partial charge in [-0.25, -0.2) is 17.5 Å². The molecule has 3 rings (SSSR count). The fraction of sp³-hybridized carbons (Fsp3) is 0.600. The van der Waals surface area contributed by atoms with Gasteiger partial charge in [0.25, 0.3) is 0 Å². The molecule has 1 aromatic carbocycles. The minimum Gasteiger partial charge on any atom is -0.326 e. The predicted molar refractivity (Wildman–Crippen MR) is 106 cm³/mol. The molecule has 0 unspecified atom stereocenters. The molecule has 1 amide bonds. The van der Waals surface area contributed by atoms with Crippen LogP contribution < -0.4 is 10.0 Å². The van der Waals surface area contributed by atoms with E-state index in [4.69, 9.17) is 5.26 Å². The molecule has 7 nitrogen and oxygen atoms in total.